The van der Waals surface area contributed by atoms with Gasteiger partial charge in [0.2, 0.25) is 5.88 Å². The number of hydrogen-bond acceptors (Lipinski definition) is 6. The van der Waals surface area contributed by atoms with Crippen molar-refractivity contribution in [2.24, 2.45) is 0 Å². The Hall–Kier alpha value is -2.45. The lowest BCUT2D eigenvalue weighted by Gasteiger charge is -2.44. The van der Waals surface area contributed by atoms with Crippen molar-refractivity contribution < 1.29 is 27.8 Å². The fourth-order valence-corrected chi connectivity index (χ4v) is 4.48. The van der Waals surface area contributed by atoms with Crippen LogP contribution in [0.15, 0.2) is 30.5 Å². The molecular weight excluding hydrogens is 430 g/mol. The molecule has 0 saturated carbocycles. The molecule has 9 heteroatoms. The molecule has 3 atom stereocenters. The number of likely N-dealkylation sites (tertiary alicyclic amines) is 1. The van der Waals surface area contributed by atoms with Gasteiger partial charge in [-0.05, 0) is 49.9 Å². The third-order valence-corrected chi connectivity index (χ3v) is 5.91. The number of pyridine rings is 1. The number of carbonyl (C=O) groups excluding carboxylic acids is 1. The van der Waals surface area contributed by atoms with Gasteiger partial charge in [-0.3, -0.25) is 4.90 Å². The molecule has 1 aliphatic heterocycles. The highest BCUT2D eigenvalue weighted by atomic mass is 35.5. The first-order valence-corrected chi connectivity index (χ1v) is 10.3. The molecule has 0 N–H and O–H groups in total. The van der Waals surface area contributed by atoms with Crippen molar-refractivity contribution in [2.75, 3.05) is 14.2 Å². The van der Waals surface area contributed by atoms with Gasteiger partial charge in [0, 0.05) is 18.3 Å². The second-order valence-electron chi connectivity index (χ2n) is 7.28. The number of benzene rings is 1. The van der Waals surface area contributed by atoms with Crippen molar-refractivity contribution in [3.8, 4) is 17.4 Å². The summed E-state index contributed by atoms with van der Waals surface area (Å²) in [7, 11) is 3.19. The zero-order chi connectivity index (χ0) is 22.5. The number of piperidine rings is 1. The Morgan fingerprint density at radius 2 is 1.90 bits per heavy atom. The molecule has 0 bridgehead atoms. The van der Waals surface area contributed by atoms with E-state index in [9.17, 15) is 13.6 Å². The summed E-state index contributed by atoms with van der Waals surface area (Å²) in [5.74, 6) is 1.01. The van der Waals surface area contributed by atoms with Crippen LogP contribution in [0.4, 0.5) is 8.78 Å². The van der Waals surface area contributed by atoms with Crippen molar-refractivity contribution in [3.63, 3.8) is 0 Å². The molecule has 3 unspecified atom stereocenters. The van der Waals surface area contributed by atoms with Gasteiger partial charge < -0.3 is 19.0 Å². The van der Waals surface area contributed by atoms with Crippen LogP contribution in [-0.4, -0.2) is 43.0 Å². The maximum absolute atomic E-state index is 12.5. The Bertz CT molecular complexity index is 893. The summed E-state index contributed by atoms with van der Waals surface area (Å²) in [6, 6.07) is 6.31. The van der Waals surface area contributed by atoms with Gasteiger partial charge in [-0.2, -0.15) is 8.78 Å². The van der Waals surface area contributed by atoms with E-state index >= 15 is 0 Å². The van der Waals surface area contributed by atoms with Gasteiger partial charge in [0.1, 0.15) is 22.8 Å². The number of alkyl halides is 2. The van der Waals surface area contributed by atoms with E-state index in [4.69, 9.17) is 21.1 Å². The quantitative estimate of drug-likeness (QED) is 0.510. The van der Waals surface area contributed by atoms with Gasteiger partial charge in [0.15, 0.2) is 0 Å². The van der Waals surface area contributed by atoms with E-state index < -0.39 is 6.61 Å². The monoisotopic (exact) mass is 454 g/mol. The number of aromatic nitrogens is 1. The molecule has 0 radical (unpaired) electrons. The fraction of sp³-hybridized carbons (Fsp3) is 0.455. The largest absolute Gasteiger partial charge is 0.496 e. The van der Waals surface area contributed by atoms with E-state index in [-0.39, 0.29) is 29.0 Å². The van der Waals surface area contributed by atoms with E-state index in [2.05, 4.69) is 14.6 Å². The van der Waals surface area contributed by atoms with E-state index in [0.717, 1.165) is 24.7 Å². The van der Waals surface area contributed by atoms with Gasteiger partial charge in [-0.15, -0.1) is 0 Å². The van der Waals surface area contributed by atoms with Crippen molar-refractivity contribution >= 4 is 17.9 Å². The minimum atomic E-state index is -3.02. The smallest absolute Gasteiger partial charge is 0.388 e. The van der Waals surface area contributed by atoms with E-state index in [1.165, 1.54) is 6.20 Å². The second kappa shape index (κ2) is 10.2. The molecule has 2 aromatic rings. The summed E-state index contributed by atoms with van der Waals surface area (Å²) in [4.78, 5) is 18.0. The standard InChI is InChI=1S/C22H25ClF2N2O4/c1-13(14-10-16(23)21(26-11-14)31-22(24)25)27-15(12-28)6-4-7-17(27)20-18(29-2)8-5-9-19(20)30-3/h5,8-13,15,17,22H,4,6-7H2,1-3H3. The zero-order valence-corrected chi connectivity index (χ0v) is 18.3. The number of carbonyl (C=O) groups is 1. The third-order valence-electron chi connectivity index (χ3n) is 5.64. The van der Waals surface area contributed by atoms with Gasteiger partial charge in [-0.25, -0.2) is 4.98 Å². The van der Waals surface area contributed by atoms with Gasteiger partial charge in [0.25, 0.3) is 0 Å². The molecule has 0 aliphatic carbocycles. The van der Waals surface area contributed by atoms with E-state index in [0.29, 0.717) is 23.5 Å². The summed E-state index contributed by atoms with van der Waals surface area (Å²) >= 11 is 6.13. The molecule has 31 heavy (non-hydrogen) atoms. The fourth-order valence-electron chi connectivity index (χ4n) is 4.26. The highest BCUT2D eigenvalue weighted by molar-refractivity contribution is 6.31. The molecule has 1 saturated heterocycles. The van der Waals surface area contributed by atoms with Crippen molar-refractivity contribution in [1.82, 2.24) is 9.88 Å². The first kappa shape index (κ1) is 23.2. The SMILES string of the molecule is COc1cccc(OC)c1C1CCCC(C=O)N1C(C)c1cnc(OC(F)F)c(Cl)c1. The lowest BCUT2D eigenvalue weighted by atomic mass is 9.87. The summed E-state index contributed by atoms with van der Waals surface area (Å²) in [6.07, 6.45) is 4.74. The average Bonchev–Trinajstić information content (AvgIpc) is 2.78. The van der Waals surface area contributed by atoms with E-state index in [1.54, 1.807) is 20.3 Å². The Labute approximate surface area is 185 Å². The Morgan fingerprint density at radius 3 is 2.45 bits per heavy atom. The van der Waals surface area contributed by atoms with Crippen LogP contribution >= 0.6 is 11.6 Å². The van der Waals surface area contributed by atoms with Crippen LogP contribution in [-0.2, 0) is 4.79 Å². The molecule has 1 fully saturated rings. The van der Waals surface area contributed by atoms with Gasteiger partial charge in [0.05, 0.1) is 25.8 Å². The normalized spacial score (nSPS) is 20.4. The molecule has 6 nitrogen and oxygen atoms in total. The highest BCUT2D eigenvalue weighted by Gasteiger charge is 2.38. The molecule has 1 aromatic heterocycles. The number of methoxy groups -OCH3 is 2. The van der Waals surface area contributed by atoms with Gasteiger partial charge >= 0.3 is 6.61 Å². The summed E-state index contributed by atoms with van der Waals surface area (Å²) in [6.45, 7) is -1.09. The lowest BCUT2D eigenvalue weighted by Crippen LogP contribution is -2.44. The highest BCUT2D eigenvalue weighted by Crippen LogP contribution is 2.46. The van der Waals surface area contributed by atoms with Crippen LogP contribution in [0.1, 0.15) is 49.4 Å². The zero-order valence-electron chi connectivity index (χ0n) is 17.6. The molecule has 2 heterocycles. The van der Waals surface area contributed by atoms with Crippen molar-refractivity contribution in [3.05, 3.63) is 46.6 Å². The Morgan fingerprint density at radius 1 is 1.23 bits per heavy atom. The predicted molar refractivity (Wildman–Crippen MR) is 112 cm³/mol. The Balaban J connectivity index is 2.03. The van der Waals surface area contributed by atoms with Crippen LogP contribution in [0.25, 0.3) is 0 Å². The third kappa shape index (κ3) is 4.91. The summed E-state index contributed by atoms with van der Waals surface area (Å²) in [5, 5.41) is -0.0178. The molecule has 0 spiro atoms. The van der Waals surface area contributed by atoms with E-state index in [1.807, 2.05) is 25.1 Å². The van der Waals surface area contributed by atoms with Crippen LogP contribution in [0.2, 0.25) is 5.02 Å². The topological polar surface area (TPSA) is 60.9 Å². The second-order valence-corrected chi connectivity index (χ2v) is 7.69. The van der Waals surface area contributed by atoms with Crippen LogP contribution in [0.5, 0.6) is 17.4 Å². The maximum Gasteiger partial charge on any atom is 0.388 e. The number of nitrogens with zero attached hydrogens (tertiary/aromatic N) is 2. The van der Waals surface area contributed by atoms with Gasteiger partial charge in [-0.1, -0.05) is 17.7 Å². The predicted octanol–water partition coefficient (Wildman–Crippen LogP) is 5.21. The average molecular weight is 455 g/mol. The number of halogens is 3. The molecular formula is C22H25ClF2N2O4. The number of aldehydes is 1. The molecule has 1 aliphatic rings. The van der Waals surface area contributed by atoms with Crippen molar-refractivity contribution in [1.29, 1.82) is 0 Å². The maximum atomic E-state index is 12.5. The summed E-state index contributed by atoms with van der Waals surface area (Å²) < 4.78 is 40.6. The van der Waals surface area contributed by atoms with Crippen LogP contribution < -0.4 is 14.2 Å². The van der Waals surface area contributed by atoms with Crippen LogP contribution in [0.3, 0.4) is 0 Å². The van der Waals surface area contributed by atoms with Crippen molar-refractivity contribution in [2.45, 2.75) is 50.9 Å². The summed E-state index contributed by atoms with van der Waals surface area (Å²) in [5.41, 5.74) is 1.54. The molecule has 0 amide bonds. The molecule has 1 aromatic carbocycles. The Kier molecular flexibility index (Phi) is 7.67. The molecule has 168 valence electrons. The first-order chi connectivity index (χ1) is 14.9. The number of ether oxygens (including phenoxy) is 3. The number of hydrogen-bond donors (Lipinski definition) is 0. The number of rotatable bonds is 8. The molecule has 3 rings (SSSR count). The first-order valence-electron chi connectivity index (χ1n) is 9.95. The minimum Gasteiger partial charge on any atom is -0.496 e. The minimum absolute atomic E-state index is 0.0178. The lowest BCUT2D eigenvalue weighted by molar-refractivity contribution is -0.116. The van der Waals surface area contributed by atoms with Crippen LogP contribution in [0, 0.1) is 0 Å².